The summed E-state index contributed by atoms with van der Waals surface area (Å²) in [6.45, 7) is 3.86. The Hall–Kier alpha value is -1.05. The van der Waals surface area contributed by atoms with Crippen LogP contribution in [-0.4, -0.2) is 47.6 Å². The molecule has 1 fully saturated rings. The van der Waals surface area contributed by atoms with Gasteiger partial charge in [-0.25, -0.2) is 22.7 Å². The molecule has 0 unspecified atom stereocenters. The number of nitrogens with one attached hydrogen (secondary N) is 1. The van der Waals surface area contributed by atoms with Gasteiger partial charge in [0.1, 0.15) is 6.33 Å². The Balaban J connectivity index is 1.77. The third kappa shape index (κ3) is 4.22. The van der Waals surface area contributed by atoms with Crippen molar-refractivity contribution in [2.45, 2.75) is 38.8 Å². The van der Waals surface area contributed by atoms with Gasteiger partial charge in [0.2, 0.25) is 10.0 Å². The molecule has 7 heteroatoms. The smallest absolute Gasteiger partial charge is 0.214 e. The van der Waals surface area contributed by atoms with Gasteiger partial charge in [0.15, 0.2) is 0 Å². The Morgan fingerprint density at radius 1 is 1.30 bits per heavy atom. The van der Waals surface area contributed by atoms with Crippen molar-refractivity contribution in [3.63, 3.8) is 0 Å². The second kappa shape index (κ2) is 7.10. The summed E-state index contributed by atoms with van der Waals surface area (Å²) in [5.74, 6) is 0.256. The van der Waals surface area contributed by atoms with E-state index in [1.54, 1.807) is 16.7 Å². The molecule has 112 valence electrons. The minimum atomic E-state index is -3.04. The minimum absolute atomic E-state index is 0.256. The van der Waals surface area contributed by atoms with Crippen molar-refractivity contribution in [3.05, 3.63) is 24.3 Å². The van der Waals surface area contributed by atoms with E-state index in [0.717, 1.165) is 24.9 Å². The van der Waals surface area contributed by atoms with Crippen LogP contribution in [0.1, 0.15) is 31.7 Å². The molecule has 1 aliphatic heterocycles. The zero-order valence-corrected chi connectivity index (χ0v) is 12.6. The summed E-state index contributed by atoms with van der Waals surface area (Å²) in [7, 11) is -3.04. The molecule has 0 radical (unpaired) electrons. The highest BCUT2D eigenvalue weighted by Gasteiger charge is 2.26. The Labute approximate surface area is 120 Å². The second-order valence-electron chi connectivity index (χ2n) is 5.12. The third-order valence-electron chi connectivity index (χ3n) is 3.52. The van der Waals surface area contributed by atoms with Crippen molar-refractivity contribution in [3.8, 4) is 0 Å². The maximum atomic E-state index is 12.0. The molecule has 1 aliphatic rings. The van der Waals surface area contributed by atoms with E-state index < -0.39 is 10.0 Å². The van der Waals surface area contributed by atoms with E-state index in [9.17, 15) is 8.42 Å². The Morgan fingerprint density at radius 3 is 2.55 bits per heavy atom. The van der Waals surface area contributed by atoms with E-state index >= 15 is 0 Å². The maximum absolute atomic E-state index is 12.0. The van der Waals surface area contributed by atoms with E-state index in [1.807, 2.05) is 6.92 Å². The third-order valence-corrected chi connectivity index (χ3v) is 5.59. The van der Waals surface area contributed by atoms with Crippen molar-refractivity contribution in [2.24, 2.45) is 0 Å². The summed E-state index contributed by atoms with van der Waals surface area (Å²) in [6, 6.07) is 0.364. The van der Waals surface area contributed by atoms with Gasteiger partial charge >= 0.3 is 0 Å². The molecule has 0 amide bonds. The summed E-state index contributed by atoms with van der Waals surface area (Å²) >= 11 is 0. The van der Waals surface area contributed by atoms with Crippen LogP contribution in [0.15, 0.2) is 18.7 Å². The lowest BCUT2D eigenvalue weighted by Gasteiger charge is -2.31. The molecular weight excluding hydrogens is 276 g/mol. The quantitative estimate of drug-likeness (QED) is 0.839. The SMILES string of the molecule is CCCS(=O)(=O)N1CCC(NCc2cncnc2)CC1. The standard InChI is InChI=1S/C13H22N4O2S/c1-2-7-20(18,19)17-5-3-13(4-6-17)16-10-12-8-14-11-15-9-12/h8-9,11,13,16H,2-7,10H2,1H3. The van der Waals surface area contributed by atoms with E-state index in [-0.39, 0.29) is 5.75 Å². The molecule has 6 nitrogen and oxygen atoms in total. The van der Waals surface area contributed by atoms with Crippen LogP contribution in [0.3, 0.4) is 0 Å². The summed E-state index contributed by atoms with van der Waals surface area (Å²) in [5.41, 5.74) is 1.05. The van der Waals surface area contributed by atoms with Crippen LogP contribution in [0.4, 0.5) is 0 Å². The molecular formula is C13H22N4O2S. The lowest BCUT2D eigenvalue weighted by molar-refractivity contribution is 0.288. The molecule has 1 aromatic rings. The van der Waals surface area contributed by atoms with Gasteiger partial charge < -0.3 is 5.32 Å². The van der Waals surface area contributed by atoms with Gasteiger partial charge in [-0.15, -0.1) is 0 Å². The lowest BCUT2D eigenvalue weighted by Crippen LogP contribution is -2.45. The zero-order chi connectivity index (χ0) is 14.4. The molecule has 1 saturated heterocycles. The molecule has 0 aliphatic carbocycles. The number of aromatic nitrogens is 2. The first-order chi connectivity index (χ1) is 9.62. The Bertz CT molecular complexity index is 498. The van der Waals surface area contributed by atoms with Gasteiger partial charge in [-0.3, -0.25) is 0 Å². The molecule has 2 rings (SSSR count). The predicted molar refractivity (Wildman–Crippen MR) is 77.5 cm³/mol. The number of rotatable bonds is 6. The topological polar surface area (TPSA) is 75.2 Å². The average molecular weight is 298 g/mol. The van der Waals surface area contributed by atoms with Gasteiger partial charge in [-0.1, -0.05) is 6.92 Å². The minimum Gasteiger partial charge on any atom is -0.310 e. The van der Waals surface area contributed by atoms with Crippen molar-refractivity contribution >= 4 is 10.0 Å². The largest absolute Gasteiger partial charge is 0.310 e. The normalized spacial score (nSPS) is 18.2. The van der Waals surface area contributed by atoms with Gasteiger partial charge in [0.05, 0.1) is 5.75 Å². The highest BCUT2D eigenvalue weighted by molar-refractivity contribution is 7.89. The van der Waals surface area contributed by atoms with E-state index in [1.165, 1.54) is 6.33 Å². The van der Waals surface area contributed by atoms with Gasteiger partial charge in [-0.05, 0) is 19.3 Å². The van der Waals surface area contributed by atoms with Crippen LogP contribution >= 0.6 is 0 Å². The highest BCUT2D eigenvalue weighted by Crippen LogP contribution is 2.15. The van der Waals surface area contributed by atoms with E-state index in [4.69, 9.17) is 0 Å². The molecule has 0 atom stereocenters. The van der Waals surface area contributed by atoms with Crippen LogP contribution in [0.25, 0.3) is 0 Å². The molecule has 1 N–H and O–H groups in total. The van der Waals surface area contributed by atoms with Crippen LogP contribution in [0, 0.1) is 0 Å². The molecule has 20 heavy (non-hydrogen) atoms. The van der Waals surface area contributed by atoms with Gasteiger partial charge in [0.25, 0.3) is 0 Å². The number of piperidine rings is 1. The van der Waals surface area contributed by atoms with Crippen molar-refractivity contribution in [1.82, 2.24) is 19.6 Å². The van der Waals surface area contributed by atoms with Crippen LogP contribution in [0.5, 0.6) is 0 Å². The summed E-state index contributed by atoms with van der Waals surface area (Å²) < 4.78 is 25.5. The molecule has 1 aromatic heterocycles. The Morgan fingerprint density at radius 2 is 1.95 bits per heavy atom. The van der Waals surface area contributed by atoms with Crippen molar-refractivity contribution in [1.29, 1.82) is 0 Å². The molecule has 0 saturated carbocycles. The van der Waals surface area contributed by atoms with Crippen LogP contribution < -0.4 is 5.32 Å². The molecule has 0 spiro atoms. The van der Waals surface area contributed by atoms with E-state index in [2.05, 4.69) is 15.3 Å². The first kappa shape index (κ1) is 15.3. The molecule has 0 aromatic carbocycles. The second-order valence-corrected chi connectivity index (χ2v) is 7.21. The molecule has 2 heterocycles. The number of hydrogen-bond donors (Lipinski definition) is 1. The van der Waals surface area contributed by atoms with Gasteiger partial charge in [-0.2, -0.15) is 0 Å². The highest BCUT2D eigenvalue weighted by atomic mass is 32.2. The first-order valence-corrected chi connectivity index (χ1v) is 8.68. The molecule has 0 bridgehead atoms. The monoisotopic (exact) mass is 298 g/mol. The van der Waals surface area contributed by atoms with Crippen LogP contribution in [-0.2, 0) is 16.6 Å². The lowest BCUT2D eigenvalue weighted by atomic mass is 10.1. The summed E-state index contributed by atoms with van der Waals surface area (Å²) in [5, 5.41) is 3.44. The fourth-order valence-corrected chi connectivity index (χ4v) is 3.95. The van der Waals surface area contributed by atoms with Gasteiger partial charge in [0, 0.05) is 43.6 Å². The number of sulfonamides is 1. The summed E-state index contributed by atoms with van der Waals surface area (Å²) in [4.78, 5) is 7.95. The fraction of sp³-hybridized carbons (Fsp3) is 0.692. The summed E-state index contributed by atoms with van der Waals surface area (Å²) in [6.07, 6.45) is 7.49. The van der Waals surface area contributed by atoms with Crippen LogP contribution in [0.2, 0.25) is 0 Å². The first-order valence-electron chi connectivity index (χ1n) is 7.07. The van der Waals surface area contributed by atoms with Crippen molar-refractivity contribution in [2.75, 3.05) is 18.8 Å². The average Bonchev–Trinajstić information content (AvgIpc) is 2.47. The van der Waals surface area contributed by atoms with E-state index in [0.29, 0.717) is 25.6 Å². The number of nitrogens with zero attached hydrogens (tertiary/aromatic N) is 3. The van der Waals surface area contributed by atoms with Crippen molar-refractivity contribution < 1.29 is 8.42 Å². The maximum Gasteiger partial charge on any atom is 0.214 e. The predicted octanol–water partition coefficient (Wildman–Crippen LogP) is 0.770. The zero-order valence-electron chi connectivity index (χ0n) is 11.8. The fourth-order valence-electron chi connectivity index (χ4n) is 2.41. The Kier molecular flexibility index (Phi) is 5.45. The number of hydrogen-bond acceptors (Lipinski definition) is 5.